The Labute approximate surface area is 132 Å². The summed E-state index contributed by atoms with van der Waals surface area (Å²) in [5.41, 5.74) is 2.33. The van der Waals surface area contributed by atoms with Gasteiger partial charge in [-0.05, 0) is 38.8 Å². The van der Waals surface area contributed by atoms with Crippen molar-refractivity contribution in [2.75, 3.05) is 20.1 Å². The van der Waals surface area contributed by atoms with Crippen LogP contribution in [0.15, 0.2) is 24.3 Å². The highest BCUT2D eigenvalue weighted by Gasteiger charge is 2.31. The van der Waals surface area contributed by atoms with Gasteiger partial charge in [0.2, 0.25) is 15.9 Å². The number of sulfonamides is 1. The lowest BCUT2D eigenvalue weighted by Crippen LogP contribution is -2.47. The first-order chi connectivity index (χ1) is 10.4. The number of aryl methyl sites for hydroxylation is 2. The van der Waals surface area contributed by atoms with Crippen LogP contribution in [0.1, 0.15) is 30.4 Å². The Morgan fingerprint density at radius 3 is 2.86 bits per heavy atom. The lowest BCUT2D eigenvalue weighted by Gasteiger charge is -2.32. The number of likely N-dealkylation sites (tertiary alicyclic amines) is 1. The molecule has 0 saturated carbocycles. The molecule has 0 spiro atoms. The molecule has 1 aromatic carbocycles. The van der Waals surface area contributed by atoms with Gasteiger partial charge in [0.25, 0.3) is 0 Å². The van der Waals surface area contributed by atoms with E-state index in [4.69, 9.17) is 0 Å². The van der Waals surface area contributed by atoms with Crippen LogP contribution in [0, 0.1) is 6.92 Å². The van der Waals surface area contributed by atoms with E-state index < -0.39 is 15.3 Å². The largest absolute Gasteiger partial charge is 0.341 e. The summed E-state index contributed by atoms with van der Waals surface area (Å²) in [4.78, 5) is 14.0. The zero-order chi connectivity index (χ0) is 16.2. The van der Waals surface area contributed by atoms with Crippen molar-refractivity contribution in [2.45, 2.75) is 37.9 Å². The van der Waals surface area contributed by atoms with Gasteiger partial charge in [-0.1, -0.05) is 29.8 Å². The molecule has 1 saturated heterocycles. The van der Waals surface area contributed by atoms with Crippen molar-refractivity contribution in [2.24, 2.45) is 0 Å². The van der Waals surface area contributed by atoms with E-state index in [1.54, 1.807) is 4.90 Å². The molecule has 0 aliphatic carbocycles. The van der Waals surface area contributed by atoms with Crippen molar-refractivity contribution in [3.8, 4) is 0 Å². The molecule has 22 heavy (non-hydrogen) atoms. The molecule has 0 unspecified atom stereocenters. The van der Waals surface area contributed by atoms with Crippen LogP contribution in [0.4, 0.5) is 0 Å². The number of amides is 1. The third-order valence-corrected chi connectivity index (χ3v) is 6.00. The summed E-state index contributed by atoms with van der Waals surface area (Å²) in [6.45, 7) is 2.99. The monoisotopic (exact) mass is 324 g/mol. The van der Waals surface area contributed by atoms with Crippen molar-refractivity contribution in [3.05, 3.63) is 35.4 Å². The SMILES string of the molecule is CNS(=O)(=O)[C@@H]1CCCN(C(=O)CCc2cccc(C)c2)C1. The zero-order valence-electron chi connectivity index (χ0n) is 13.2. The first-order valence-corrected chi connectivity index (χ1v) is 9.22. The average Bonchev–Trinajstić information content (AvgIpc) is 2.53. The van der Waals surface area contributed by atoms with E-state index >= 15 is 0 Å². The molecule has 122 valence electrons. The summed E-state index contributed by atoms with van der Waals surface area (Å²) >= 11 is 0. The molecular formula is C16H24N2O3S. The van der Waals surface area contributed by atoms with Crippen molar-refractivity contribution in [1.29, 1.82) is 0 Å². The zero-order valence-corrected chi connectivity index (χ0v) is 14.0. The Kier molecular flexibility index (Phi) is 5.58. The Hall–Kier alpha value is -1.40. The second-order valence-corrected chi connectivity index (χ2v) is 8.01. The van der Waals surface area contributed by atoms with Gasteiger partial charge in [0, 0.05) is 19.5 Å². The van der Waals surface area contributed by atoms with Crippen molar-refractivity contribution in [3.63, 3.8) is 0 Å². The molecule has 1 amide bonds. The third kappa shape index (κ3) is 4.30. The number of hydrogen-bond acceptors (Lipinski definition) is 3. The summed E-state index contributed by atoms with van der Waals surface area (Å²) in [6.07, 6.45) is 2.48. The number of piperidine rings is 1. The minimum Gasteiger partial charge on any atom is -0.341 e. The Bertz CT molecular complexity index is 628. The highest BCUT2D eigenvalue weighted by atomic mass is 32.2. The van der Waals surface area contributed by atoms with Crippen LogP contribution in [0.5, 0.6) is 0 Å². The Morgan fingerprint density at radius 1 is 1.41 bits per heavy atom. The van der Waals surface area contributed by atoms with Crippen molar-refractivity contribution in [1.82, 2.24) is 9.62 Å². The average molecular weight is 324 g/mol. The van der Waals surface area contributed by atoms with E-state index in [0.29, 0.717) is 32.4 Å². The highest BCUT2D eigenvalue weighted by Crippen LogP contribution is 2.17. The molecule has 0 radical (unpaired) electrons. The van der Waals surface area contributed by atoms with Gasteiger partial charge in [-0.15, -0.1) is 0 Å². The molecule has 6 heteroatoms. The van der Waals surface area contributed by atoms with Gasteiger partial charge in [0.1, 0.15) is 0 Å². The van der Waals surface area contributed by atoms with E-state index in [9.17, 15) is 13.2 Å². The first kappa shape index (κ1) is 17.0. The maximum absolute atomic E-state index is 12.3. The van der Waals surface area contributed by atoms with E-state index in [2.05, 4.69) is 10.8 Å². The third-order valence-electron chi connectivity index (χ3n) is 4.16. The number of hydrogen-bond donors (Lipinski definition) is 1. The van der Waals surface area contributed by atoms with Gasteiger partial charge in [0.05, 0.1) is 5.25 Å². The Balaban J connectivity index is 1.92. The number of carbonyl (C=O) groups is 1. The topological polar surface area (TPSA) is 66.5 Å². The number of carbonyl (C=O) groups excluding carboxylic acids is 1. The minimum absolute atomic E-state index is 0.0394. The van der Waals surface area contributed by atoms with Gasteiger partial charge in [0.15, 0.2) is 0 Å². The lowest BCUT2D eigenvalue weighted by atomic mass is 10.1. The van der Waals surface area contributed by atoms with Gasteiger partial charge >= 0.3 is 0 Å². The number of rotatable bonds is 5. The molecule has 1 fully saturated rings. The summed E-state index contributed by atoms with van der Waals surface area (Å²) in [6, 6.07) is 8.12. The normalized spacial score (nSPS) is 19.2. The fraction of sp³-hybridized carbons (Fsp3) is 0.562. The smallest absolute Gasteiger partial charge is 0.222 e. The maximum Gasteiger partial charge on any atom is 0.222 e. The Morgan fingerprint density at radius 2 is 2.18 bits per heavy atom. The second-order valence-electron chi connectivity index (χ2n) is 5.84. The lowest BCUT2D eigenvalue weighted by molar-refractivity contribution is -0.131. The van der Waals surface area contributed by atoms with E-state index in [0.717, 1.165) is 12.0 Å². The van der Waals surface area contributed by atoms with E-state index in [1.807, 2.05) is 25.1 Å². The van der Waals surface area contributed by atoms with Gasteiger partial charge in [-0.25, -0.2) is 13.1 Å². The molecule has 1 aliphatic rings. The quantitative estimate of drug-likeness (QED) is 0.892. The molecule has 1 aromatic rings. The summed E-state index contributed by atoms with van der Waals surface area (Å²) in [5, 5.41) is -0.492. The summed E-state index contributed by atoms with van der Waals surface area (Å²) in [7, 11) is -1.88. The van der Waals surface area contributed by atoms with Crippen LogP contribution < -0.4 is 4.72 Å². The fourth-order valence-electron chi connectivity index (χ4n) is 2.86. The molecule has 5 nitrogen and oxygen atoms in total. The van der Waals surface area contributed by atoms with E-state index in [1.165, 1.54) is 12.6 Å². The second kappa shape index (κ2) is 7.24. The van der Waals surface area contributed by atoms with Crippen LogP contribution in [0.25, 0.3) is 0 Å². The highest BCUT2D eigenvalue weighted by molar-refractivity contribution is 7.90. The summed E-state index contributed by atoms with van der Waals surface area (Å²) < 4.78 is 26.1. The van der Waals surface area contributed by atoms with Crippen LogP contribution in [0.3, 0.4) is 0 Å². The van der Waals surface area contributed by atoms with Crippen LogP contribution >= 0.6 is 0 Å². The molecule has 1 heterocycles. The molecule has 0 aromatic heterocycles. The standard InChI is InChI=1S/C16H24N2O3S/c1-13-5-3-6-14(11-13)8-9-16(19)18-10-4-7-15(12-18)22(20,21)17-2/h3,5-6,11,15,17H,4,7-10,12H2,1-2H3/t15-/m1/s1. The van der Waals surface area contributed by atoms with E-state index in [-0.39, 0.29) is 5.91 Å². The number of benzene rings is 1. The molecule has 2 rings (SSSR count). The molecule has 0 bridgehead atoms. The summed E-state index contributed by atoms with van der Waals surface area (Å²) in [5.74, 6) is 0.0394. The predicted octanol–water partition coefficient (Wildman–Crippen LogP) is 1.47. The molecule has 1 atom stereocenters. The van der Waals surface area contributed by atoms with Crippen molar-refractivity contribution < 1.29 is 13.2 Å². The fourth-order valence-corrected chi connectivity index (χ4v) is 4.05. The van der Waals surface area contributed by atoms with Crippen LogP contribution in [-0.4, -0.2) is 44.6 Å². The minimum atomic E-state index is -3.30. The van der Waals surface area contributed by atoms with Crippen molar-refractivity contribution >= 4 is 15.9 Å². The molecular weight excluding hydrogens is 300 g/mol. The molecule has 1 N–H and O–H groups in total. The van der Waals surface area contributed by atoms with Crippen LogP contribution in [-0.2, 0) is 21.2 Å². The predicted molar refractivity (Wildman–Crippen MR) is 87.1 cm³/mol. The van der Waals surface area contributed by atoms with Gasteiger partial charge in [-0.2, -0.15) is 0 Å². The van der Waals surface area contributed by atoms with Gasteiger partial charge in [-0.3, -0.25) is 4.79 Å². The number of nitrogens with zero attached hydrogens (tertiary/aromatic N) is 1. The van der Waals surface area contributed by atoms with Crippen LogP contribution in [0.2, 0.25) is 0 Å². The number of nitrogens with one attached hydrogen (secondary N) is 1. The van der Waals surface area contributed by atoms with Gasteiger partial charge < -0.3 is 4.90 Å². The maximum atomic E-state index is 12.3. The molecule has 1 aliphatic heterocycles. The first-order valence-electron chi connectivity index (χ1n) is 7.68.